The van der Waals surface area contributed by atoms with Crippen LogP contribution in [0.4, 0.5) is 0 Å². The average molecular weight is 411 g/mol. The fourth-order valence-corrected chi connectivity index (χ4v) is 2.00. The van der Waals surface area contributed by atoms with Crippen molar-refractivity contribution in [2.45, 2.75) is 60.4 Å². The van der Waals surface area contributed by atoms with Gasteiger partial charge in [-0.25, -0.2) is 0 Å². The second-order valence-corrected chi connectivity index (χ2v) is 6.70. The first kappa shape index (κ1) is 35.1. The van der Waals surface area contributed by atoms with Gasteiger partial charge in [0.2, 0.25) is 5.91 Å². The second-order valence-electron chi connectivity index (χ2n) is 6.70. The van der Waals surface area contributed by atoms with Gasteiger partial charge >= 0.3 is 59.1 Å². The summed E-state index contributed by atoms with van der Waals surface area (Å²) in [7, 11) is 0. The normalized spacial score (nSPS) is 10.2. The van der Waals surface area contributed by atoms with Crippen molar-refractivity contribution in [2.75, 3.05) is 0 Å². The first-order valence-electron chi connectivity index (χ1n) is 8.35. The number of rotatable bonds is 8. The van der Waals surface area contributed by atoms with Crippen LogP contribution in [0.25, 0.3) is 0 Å². The van der Waals surface area contributed by atoms with Crippen molar-refractivity contribution in [1.29, 1.82) is 0 Å². The van der Waals surface area contributed by atoms with Crippen LogP contribution in [0.15, 0.2) is 30.3 Å². The Kier molecular flexibility index (Phi) is 25.0. The molecule has 6 nitrogen and oxygen atoms in total. The first-order valence-corrected chi connectivity index (χ1v) is 8.35. The molecule has 1 amide bonds. The van der Waals surface area contributed by atoms with Crippen molar-refractivity contribution in [1.82, 2.24) is 5.32 Å². The van der Waals surface area contributed by atoms with Gasteiger partial charge in [-0.15, -0.1) is 0 Å². The van der Waals surface area contributed by atoms with Crippen molar-refractivity contribution in [2.24, 2.45) is 11.8 Å². The van der Waals surface area contributed by atoms with Gasteiger partial charge in [-0.05, 0) is 30.2 Å². The summed E-state index contributed by atoms with van der Waals surface area (Å²) in [5, 5.41) is 23.2. The molecule has 0 spiro atoms. The fourth-order valence-electron chi connectivity index (χ4n) is 2.00. The molecule has 148 valence electrons. The Labute approximate surface area is 213 Å². The van der Waals surface area contributed by atoms with Crippen LogP contribution < -0.4 is 74.6 Å². The van der Waals surface area contributed by atoms with Crippen LogP contribution in [0.3, 0.4) is 0 Å². The molecule has 0 aliphatic carbocycles. The monoisotopic (exact) mass is 411 g/mol. The molecule has 0 heterocycles. The van der Waals surface area contributed by atoms with Crippen LogP contribution >= 0.6 is 0 Å². The number of carboxylic acid groups (broad SMARTS) is 2. The van der Waals surface area contributed by atoms with E-state index in [2.05, 4.69) is 5.32 Å². The van der Waals surface area contributed by atoms with Crippen molar-refractivity contribution in [3.63, 3.8) is 0 Å². The van der Waals surface area contributed by atoms with E-state index < -0.39 is 18.0 Å². The topological polar surface area (TPSA) is 109 Å². The van der Waals surface area contributed by atoms with Crippen molar-refractivity contribution < 1.29 is 83.7 Å². The Morgan fingerprint density at radius 3 is 1.68 bits per heavy atom. The van der Waals surface area contributed by atoms with Crippen LogP contribution in [-0.4, -0.2) is 23.9 Å². The zero-order valence-corrected chi connectivity index (χ0v) is 21.3. The van der Waals surface area contributed by atoms with E-state index in [0.29, 0.717) is 6.42 Å². The minimum absolute atomic E-state index is 0. The maximum absolute atomic E-state index is 11.6. The molecule has 1 aromatic carbocycles. The molecule has 1 N–H and O–H groups in total. The third-order valence-electron chi connectivity index (χ3n) is 3.07. The minimum atomic E-state index is -1.25. The average Bonchev–Trinajstić information content (AvgIpc) is 2.45. The molecular weight excluding hydrogens is 380 g/mol. The Balaban J connectivity index is -0.000000250. The summed E-state index contributed by atoms with van der Waals surface area (Å²) in [6, 6.07) is 8.19. The standard InChI is InChI=1S/C14H19NO3.C5H10O2.CH4.2Na/c1-10(2)8-13(16)15-12(14(17)18)9-11-6-4-3-5-7-11;1-4(2)3-5(6)7;;;/h3-7,10,12H,8-9H2,1-2H3,(H,15,16)(H,17,18);4H,3H2,1-2H3,(H,6,7);1H4;;/q;;;2*+1/p-2. The van der Waals surface area contributed by atoms with Gasteiger partial charge in [0.25, 0.3) is 0 Å². The summed E-state index contributed by atoms with van der Waals surface area (Å²) in [4.78, 5) is 32.3. The molecule has 0 radical (unpaired) electrons. The maximum atomic E-state index is 11.6. The predicted molar refractivity (Wildman–Crippen MR) is 97.7 cm³/mol. The number of benzene rings is 1. The predicted octanol–water partition coefficient (Wildman–Crippen LogP) is -5.06. The SMILES string of the molecule is C.CC(C)CC(=O)NC(Cc1ccccc1)C(=O)[O-].CC(C)CC(=O)[O-].[Na+].[Na+]. The Hall–Kier alpha value is -0.370. The number of hydrogen-bond donors (Lipinski definition) is 1. The second kappa shape index (κ2) is 19.9. The summed E-state index contributed by atoms with van der Waals surface area (Å²) in [6.45, 7) is 7.50. The molecule has 1 unspecified atom stereocenters. The van der Waals surface area contributed by atoms with Crippen molar-refractivity contribution >= 4 is 17.8 Å². The summed E-state index contributed by atoms with van der Waals surface area (Å²) < 4.78 is 0. The van der Waals surface area contributed by atoms with Gasteiger partial charge in [0, 0.05) is 12.4 Å². The number of carbonyl (C=O) groups excluding carboxylic acids is 3. The van der Waals surface area contributed by atoms with E-state index >= 15 is 0 Å². The number of aliphatic carboxylic acids is 2. The Morgan fingerprint density at radius 1 is 0.893 bits per heavy atom. The summed E-state index contributed by atoms with van der Waals surface area (Å²) in [5.74, 6) is -2.06. The molecule has 0 aromatic heterocycles. The zero-order valence-electron chi connectivity index (χ0n) is 17.3. The molecule has 8 heteroatoms. The van der Waals surface area contributed by atoms with Crippen LogP contribution in [0, 0.1) is 11.8 Å². The number of amides is 1. The van der Waals surface area contributed by atoms with Crippen molar-refractivity contribution in [3.05, 3.63) is 35.9 Å². The molecular formula is C20H31NNa2O5. The molecule has 1 atom stereocenters. The molecule has 0 bridgehead atoms. The minimum Gasteiger partial charge on any atom is -0.550 e. The number of hydrogen-bond acceptors (Lipinski definition) is 5. The van der Waals surface area contributed by atoms with E-state index in [1.807, 2.05) is 58.0 Å². The van der Waals surface area contributed by atoms with Gasteiger partial charge in [0.15, 0.2) is 0 Å². The van der Waals surface area contributed by atoms with E-state index in [1.165, 1.54) is 0 Å². The van der Waals surface area contributed by atoms with Gasteiger partial charge in [-0.2, -0.15) is 0 Å². The van der Waals surface area contributed by atoms with E-state index in [9.17, 15) is 24.6 Å². The molecule has 28 heavy (non-hydrogen) atoms. The Morgan fingerprint density at radius 2 is 1.36 bits per heavy atom. The van der Waals surface area contributed by atoms with Crippen molar-refractivity contribution in [3.8, 4) is 0 Å². The molecule has 0 aliphatic rings. The third-order valence-corrected chi connectivity index (χ3v) is 3.07. The zero-order chi connectivity index (χ0) is 19.4. The maximum Gasteiger partial charge on any atom is 1.00 e. The van der Waals surface area contributed by atoms with Crippen LogP contribution in [0.2, 0.25) is 0 Å². The molecule has 1 aromatic rings. The molecule has 0 aliphatic heterocycles. The van der Waals surface area contributed by atoms with Crippen LogP contribution in [-0.2, 0) is 20.8 Å². The van der Waals surface area contributed by atoms with Gasteiger partial charge in [-0.1, -0.05) is 65.5 Å². The van der Waals surface area contributed by atoms with E-state index in [0.717, 1.165) is 5.56 Å². The molecule has 0 saturated heterocycles. The summed E-state index contributed by atoms with van der Waals surface area (Å²) >= 11 is 0. The smallest absolute Gasteiger partial charge is 0.550 e. The van der Waals surface area contributed by atoms with Crippen LogP contribution in [0.1, 0.15) is 53.5 Å². The summed E-state index contributed by atoms with van der Waals surface area (Å²) in [6.07, 6.45) is 0.728. The molecule has 1 rings (SSSR count). The van der Waals surface area contributed by atoms with Gasteiger partial charge in [-0.3, -0.25) is 4.79 Å². The first-order chi connectivity index (χ1) is 11.6. The van der Waals surface area contributed by atoms with Gasteiger partial charge < -0.3 is 25.1 Å². The van der Waals surface area contributed by atoms with Gasteiger partial charge in [0.1, 0.15) is 0 Å². The molecule has 0 saturated carbocycles. The van der Waals surface area contributed by atoms with E-state index in [4.69, 9.17) is 0 Å². The number of nitrogens with one attached hydrogen (secondary N) is 1. The van der Waals surface area contributed by atoms with E-state index in [-0.39, 0.29) is 97.1 Å². The summed E-state index contributed by atoms with van der Waals surface area (Å²) in [5.41, 5.74) is 0.858. The molecule has 0 fully saturated rings. The third kappa shape index (κ3) is 20.4. The van der Waals surface area contributed by atoms with Gasteiger partial charge in [0.05, 0.1) is 12.0 Å². The van der Waals surface area contributed by atoms with Crippen LogP contribution in [0.5, 0.6) is 0 Å². The largest absolute Gasteiger partial charge is 1.00 e. The number of carboxylic acids is 2. The van der Waals surface area contributed by atoms with E-state index in [1.54, 1.807) is 0 Å². The fraction of sp³-hybridized carbons (Fsp3) is 0.550. The number of carbonyl (C=O) groups is 3. The Bertz CT molecular complexity index is 551. The quantitative estimate of drug-likeness (QED) is 0.431.